The predicted octanol–water partition coefficient (Wildman–Crippen LogP) is 4.09. The van der Waals surface area contributed by atoms with E-state index in [4.69, 9.17) is 4.74 Å². The Bertz CT molecular complexity index is 708. The van der Waals surface area contributed by atoms with Gasteiger partial charge in [-0.1, -0.05) is 48.6 Å². The van der Waals surface area contributed by atoms with E-state index in [0.717, 1.165) is 5.56 Å². The second-order valence-corrected chi connectivity index (χ2v) is 7.83. The van der Waals surface area contributed by atoms with Crippen LogP contribution in [-0.2, 0) is 11.2 Å². The summed E-state index contributed by atoms with van der Waals surface area (Å²) in [5, 5.41) is 22.5. The maximum atomic E-state index is 13.9. The van der Waals surface area contributed by atoms with Gasteiger partial charge in [0.2, 0.25) is 0 Å². The topological polar surface area (TPSA) is 61.7 Å². The molecule has 1 atom stereocenters. The Hall–Kier alpha value is -1.74. The van der Waals surface area contributed by atoms with Gasteiger partial charge in [-0.2, -0.15) is 17.6 Å². The third kappa shape index (κ3) is 8.37. The third-order valence-corrected chi connectivity index (χ3v) is 5.23. The Labute approximate surface area is 180 Å². The van der Waals surface area contributed by atoms with Crippen LogP contribution in [0.25, 0.3) is 0 Å². The van der Waals surface area contributed by atoms with Crippen LogP contribution >= 0.6 is 0 Å². The molecule has 0 amide bonds. The van der Waals surface area contributed by atoms with E-state index in [2.05, 4.69) is 5.32 Å². The highest BCUT2D eigenvalue weighted by Crippen LogP contribution is 2.38. The summed E-state index contributed by atoms with van der Waals surface area (Å²) >= 11 is 0. The standard InChI is InChI=1S/C23H31F4NO3/c24-22(25,14-7-15-28-16-12-20-11-4-5-13-21(20,29)30)23(26,27)18-31-17-6-10-19-8-2-1-3-9-19/h1-5,8-9,11,13,20,28-30H,6-7,10,12,14-18H2. The fourth-order valence-electron chi connectivity index (χ4n) is 3.30. The summed E-state index contributed by atoms with van der Waals surface area (Å²) in [5.74, 6) is -10.8. The van der Waals surface area contributed by atoms with Crippen LogP contribution < -0.4 is 5.32 Å². The van der Waals surface area contributed by atoms with Crippen LogP contribution in [-0.4, -0.2) is 54.1 Å². The van der Waals surface area contributed by atoms with Gasteiger partial charge in [0.05, 0.1) is 0 Å². The average molecular weight is 445 g/mol. The van der Waals surface area contributed by atoms with E-state index in [9.17, 15) is 27.8 Å². The molecule has 0 radical (unpaired) electrons. The SMILES string of the molecule is OC1(O)C=CC=CC1CCNCCCC(F)(F)C(F)(F)COCCCc1ccccc1. The quantitative estimate of drug-likeness (QED) is 0.229. The first kappa shape index (κ1) is 25.5. The first-order chi connectivity index (χ1) is 14.6. The molecule has 0 bridgehead atoms. The van der Waals surface area contributed by atoms with Gasteiger partial charge in [0, 0.05) is 18.9 Å². The van der Waals surface area contributed by atoms with E-state index in [0.29, 0.717) is 25.8 Å². The lowest BCUT2D eigenvalue weighted by molar-refractivity contribution is -0.235. The molecule has 3 N–H and O–H groups in total. The van der Waals surface area contributed by atoms with Gasteiger partial charge in [0.15, 0.2) is 5.79 Å². The third-order valence-electron chi connectivity index (χ3n) is 5.23. The van der Waals surface area contributed by atoms with E-state index in [1.165, 1.54) is 12.2 Å². The maximum Gasteiger partial charge on any atom is 0.332 e. The molecule has 1 unspecified atom stereocenters. The first-order valence-electron chi connectivity index (χ1n) is 10.5. The number of nitrogens with one attached hydrogen (secondary N) is 1. The van der Waals surface area contributed by atoms with Crippen LogP contribution in [0.5, 0.6) is 0 Å². The van der Waals surface area contributed by atoms with Crippen LogP contribution in [0, 0.1) is 5.92 Å². The fraction of sp³-hybridized carbons (Fsp3) is 0.565. The van der Waals surface area contributed by atoms with Crippen molar-refractivity contribution in [2.75, 3.05) is 26.3 Å². The lowest BCUT2D eigenvalue weighted by atomic mass is 9.91. The minimum atomic E-state index is -4.23. The van der Waals surface area contributed by atoms with Gasteiger partial charge in [-0.3, -0.25) is 0 Å². The normalized spacial score (nSPS) is 18.5. The number of alkyl halides is 4. The number of ether oxygens (including phenoxy) is 1. The number of benzene rings is 1. The number of halogens is 4. The molecule has 1 aromatic carbocycles. The Morgan fingerprint density at radius 3 is 2.42 bits per heavy atom. The molecular formula is C23H31F4NO3. The van der Waals surface area contributed by atoms with Crippen LogP contribution in [0.2, 0.25) is 0 Å². The molecule has 4 nitrogen and oxygen atoms in total. The van der Waals surface area contributed by atoms with Gasteiger partial charge >= 0.3 is 11.8 Å². The smallest absolute Gasteiger partial charge is 0.332 e. The second kappa shape index (κ2) is 11.8. The summed E-state index contributed by atoms with van der Waals surface area (Å²) in [6.45, 7) is -0.846. The summed E-state index contributed by atoms with van der Waals surface area (Å²) in [5.41, 5.74) is 1.04. The van der Waals surface area contributed by atoms with E-state index in [-0.39, 0.29) is 19.6 Å². The van der Waals surface area contributed by atoms with Crippen LogP contribution in [0.15, 0.2) is 54.6 Å². The predicted molar refractivity (Wildman–Crippen MR) is 111 cm³/mol. The van der Waals surface area contributed by atoms with Crippen LogP contribution in [0.3, 0.4) is 0 Å². The molecular weight excluding hydrogens is 414 g/mol. The zero-order valence-electron chi connectivity index (χ0n) is 17.5. The minimum absolute atomic E-state index is 0.00979. The minimum Gasteiger partial charge on any atom is -0.375 e. The monoisotopic (exact) mass is 445 g/mol. The van der Waals surface area contributed by atoms with E-state index < -0.39 is 36.6 Å². The first-order valence-corrected chi connectivity index (χ1v) is 10.5. The summed E-state index contributed by atoms with van der Waals surface area (Å²) in [7, 11) is 0. The molecule has 1 aliphatic carbocycles. The molecule has 0 aliphatic heterocycles. The van der Waals surface area contributed by atoms with Gasteiger partial charge in [-0.15, -0.1) is 0 Å². The van der Waals surface area contributed by atoms with Crippen LogP contribution in [0.1, 0.15) is 31.2 Å². The summed E-state index contributed by atoms with van der Waals surface area (Å²) in [4.78, 5) is 0. The molecule has 1 aromatic rings. The Balaban J connectivity index is 1.59. The van der Waals surface area contributed by atoms with Gasteiger partial charge in [0.1, 0.15) is 6.61 Å². The van der Waals surface area contributed by atoms with Crippen molar-refractivity contribution in [1.82, 2.24) is 5.32 Å². The van der Waals surface area contributed by atoms with Crippen molar-refractivity contribution in [2.45, 2.75) is 49.7 Å². The molecule has 8 heteroatoms. The molecule has 0 heterocycles. The molecule has 0 saturated carbocycles. The number of allylic oxidation sites excluding steroid dienone is 2. The fourth-order valence-corrected chi connectivity index (χ4v) is 3.30. The molecule has 0 fully saturated rings. The molecule has 1 aliphatic rings. The second-order valence-electron chi connectivity index (χ2n) is 7.83. The molecule has 2 rings (SSSR count). The van der Waals surface area contributed by atoms with E-state index in [1.54, 1.807) is 12.2 Å². The number of rotatable bonds is 14. The lowest BCUT2D eigenvalue weighted by Gasteiger charge is -2.28. The Kier molecular flexibility index (Phi) is 9.68. The van der Waals surface area contributed by atoms with Gasteiger partial charge < -0.3 is 20.3 Å². The van der Waals surface area contributed by atoms with Crippen molar-refractivity contribution in [1.29, 1.82) is 0 Å². The highest BCUT2D eigenvalue weighted by atomic mass is 19.3. The van der Waals surface area contributed by atoms with Crippen molar-refractivity contribution in [3.05, 3.63) is 60.2 Å². The van der Waals surface area contributed by atoms with Crippen molar-refractivity contribution in [3.8, 4) is 0 Å². The highest BCUT2D eigenvalue weighted by Gasteiger charge is 2.55. The van der Waals surface area contributed by atoms with Gasteiger partial charge in [-0.25, -0.2) is 0 Å². The highest BCUT2D eigenvalue weighted by molar-refractivity contribution is 5.18. The Morgan fingerprint density at radius 1 is 0.968 bits per heavy atom. The molecule has 0 spiro atoms. The summed E-state index contributed by atoms with van der Waals surface area (Å²) < 4.78 is 60.5. The number of hydrogen-bond acceptors (Lipinski definition) is 4. The molecule has 174 valence electrons. The molecule has 0 saturated heterocycles. The van der Waals surface area contributed by atoms with Crippen LogP contribution in [0.4, 0.5) is 17.6 Å². The number of hydrogen-bond donors (Lipinski definition) is 3. The maximum absolute atomic E-state index is 13.9. The lowest BCUT2D eigenvalue weighted by Crippen LogP contribution is -2.44. The van der Waals surface area contributed by atoms with Crippen molar-refractivity contribution < 1.29 is 32.5 Å². The number of aryl methyl sites for hydroxylation is 1. The molecule has 31 heavy (non-hydrogen) atoms. The average Bonchev–Trinajstić information content (AvgIpc) is 2.71. The zero-order valence-corrected chi connectivity index (χ0v) is 17.5. The van der Waals surface area contributed by atoms with E-state index >= 15 is 0 Å². The van der Waals surface area contributed by atoms with Gasteiger partial charge in [0.25, 0.3) is 0 Å². The number of aliphatic hydroxyl groups is 2. The largest absolute Gasteiger partial charge is 0.375 e. The summed E-state index contributed by atoms with van der Waals surface area (Å²) in [6, 6.07) is 9.43. The zero-order chi connectivity index (χ0) is 22.8. The van der Waals surface area contributed by atoms with Crippen molar-refractivity contribution >= 4 is 0 Å². The molecule has 0 aromatic heterocycles. The van der Waals surface area contributed by atoms with E-state index in [1.807, 2.05) is 30.3 Å². The van der Waals surface area contributed by atoms with Crippen molar-refractivity contribution in [3.63, 3.8) is 0 Å². The van der Waals surface area contributed by atoms with Crippen molar-refractivity contribution in [2.24, 2.45) is 5.92 Å². The summed E-state index contributed by atoms with van der Waals surface area (Å²) in [6.07, 6.45) is 6.52. The van der Waals surface area contributed by atoms with Gasteiger partial charge in [-0.05, 0) is 50.4 Å². The Morgan fingerprint density at radius 2 is 1.71 bits per heavy atom.